The summed E-state index contributed by atoms with van der Waals surface area (Å²) in [4.78, 5) is 27.7. The van der Waals surface area contributed by atoms with Crippen LogP contribution in [-0.2, 0) is 16.0 Å². The van der Waals surface area contributed by atoms with Crippen molar-refractivity contribution in [2.24, 2.45) is 5.41 Å². The molecule has 1 heterocycles. The van der Waals surface area contributed by atoms with Crippen LogP contribution in [0.25, 0.3) is 11.1 Å². The highest BCUT2D eigenvalue weighted by Crippen LogP contribution is 2.38. The Bertz CT molecular complexity index is 847. The predicted molar refractivity (Wildman–Crippen MR) is 117 cm³/mol. The molecule has 4 heteroatoms. The Balaban J connectivity index is 1.93. The minimum atomic E-state index is -0.585. The topological polar surface area (TPSA) is 49.4 Å². The molecule has 1 atom stereocenters. The molecule has 2 amide bonds. The molecular formula is C25H32N2O2. The van der Waals surface area contributed by atoms with Crippen LogP contribution in [0.1, 0.15) is 45.6 Å². The first-order valence-corrected chi connectivity index (χ1v) is 10.7. The first kappa shape index (κ1) is 21.1. The summed E-state index contributed by atoms with van der Waals surface area (Å²) in [6.45, 7) is 7.13. The minimum Gasteiger partial charge on any atom is -0.353 e. The quantitative estimate of drug-likeness (QED) is 0.757. The second-order valence-electron chi connectivity index (χ2n) is 8.42. The van der Waals surface area contributed by atoms with Crippen LogP contribution >= 0.6 is 0 Å². The van der Waals surface area contributed by atoms with Gasteiger partial charge >= 0.3 is 0 Å². The van der Waals surface area contributed by atoms with Gasteiger partial charge in [0.05, 0.1) is 5.41 Å². The van der Waals surface area contributed by atoms with Crippen LogP contribution in [0.15, 0.2) is 54.6 Å². The van der Waals surface area contributed by atoms with Gasteiger partial charge in [-0.3, -0.25) is 9.59 Å². The largest absolute Gasteiger partial charge is 0.353 e. The number of carbonyl (C=O) groups is 2. The van der Waals surface area contributed by atoms with E-state index in [1.807, 2.05) is 56.0 Å². The van der Waals surface area contributed by atoms with Crippen molar-refractivity contribution in [1.82, 2.24) is 10.2 Å². The van der Waals surface area contributed by atoms with Gasteiger partial charge < -0.3 is 10.2 Å². The summed E-state index contributed by atoms with van der Waals surface area (Å²) in [5.74, 6) is 0.213. The average molecular weight is 393 g/mol. The highest BCUT2D eigenvalue weighted by Gasteiger charge is 2.46. The van der Waals surface area contributed by atoms with Crippen molar-refractivity contribution >= 4 is 11.8 Å². The predicted octanol–water partition coefficient (Wildman–Crippen LogP) is 4.44. The van der Waals surface area contributed by atoms with Crippen molar-refractivity contribution in [1.29, 1.82) is 0 Å². The highest BCUT2D eigenvalue weighted by molar-refractivity contribution is 5.86. The molecule has 0 bridgehead atoms. The van der Waals surface area contributed by atoms with E-state index in [2.05, 4.69) is 29.6 Å². The summed E-state index contributed by atoms with van der Waals surface area (Å²) in [5.41, 5.74) is 2.88. The molecule has 4 nitrogen and oxygen atoms in total. The van der Waals surface area contributed by atoms with E-state index in [0.717, 1.165) is 23.1 Å². The van der Waals surface area contributed by atoms with Crippen LogP contribution in [0.4, 0.5) is 0 Å². The lowest BCUT2D eigenvalue weighted by Gasteiger charge is -2.30. The van der Waals surface area contributed by atoms with Gasteiger partial charge in [0.15, 0.2) is 0 Å². The third kappa shape index (κ3) is 4.87. The van der Waals surface area contributed by atoms with E-state index in [4.69, 9.17) is 0 Å². The molecule has 2 aromatic rings. The molecule has 1 saturated heterocycles. The van der Waals surface area contributed by atoms with Gasteiger partial charge in [0.1, 0.15) is 0 Å². The Morgan fingerprint density at radius 3 is 2.45 bits per heavy atom. The van der Waals surface area contributed by atoms with Gasteiger partial charge in [-0.2, -0.15) is 0 Å². The van der Waals surface area contributed by atoms with E-state index >= 15 is 0 Å². The monoisotopic (exact) mass is 392 g/mol. The zero-order valence-electron chi connectivity index (χ0n) is 17.8. The molecule has 0 aliphatic carbocycles. The molecule has 1 N–H and O–H groups in total. The molecule has 0 radical (unpaired) electrons. The number of likely N-dealkylation sites (tertiary alicyclic amines) is 1. The van der Waals surface area contributed by atoms with Crippen LogP contribution in [0.3, 0.4) is 0 Å². The number of hydrogen-bond acceptors (Lipinski definition) is 2. The Morgan fingerprint density at radius 2 is 1.76 bits per heavy atom. The normalized spacial score (nSPS) is 18.8. The lowest BCUT2D eigenvalue weighted by molar-refractivity contribution is -0.133. The van der Waals surface area contributed by atoms with Crippen molar-refractivity contribution < 1.29 is 9.59 Å². The van der Waals surface area contributed by atoms with Crippen molar-refractivity contribution in [2.45, 2.75) is 52.5 Å². The maximum atomic E-state index is 13.3. The molecule has 0 aromatic heterocycles. The lowest BCUT2D eigenvalue weighted by atomic mass is 9.78. The Hall–Kier alpha value is -2.62. The van der Waals surface area contributed by atoms with E-state index in [1.54, 1.807) is 0 Å². The fraction of sp³-hybridized carbons (Fsp3) is 0.440. The molecular weight excluding hydrogens is 360 g/mol. The zero-order valence-corrected chi connectivity index (χ0v) is 17.8. The standard InChI is InChI=1S/C25H32N2O2/c1-4-10-23(28)27-16-15-25(18-27,24(29)26-19(2)3)17-21-13-8-9-14-22(21)20-11-6-5-7-12-20/h5-9,11-14,19H,4,10,15-18H2,1-3H3,(H,26,29). The van der Waals surface area contributed by atoms with Gasteiger partial charge in [0.25, 0.3) is 0 Å². The van der Waals surface area contributed by atoms with Gasteiger partial charge in [0.2, 0.25) is 11.8 Å². The number of benzene rings is 2. The number of amides is 2. The van der Waals surface area contributed by atoms with E-state index in [0.29, 0.717) is 32.4 Å². The fourth-order valence-electron chi connectivity index (χ4n) is 4.22. The van der Waals surface area contributed by atoms with Crippen LogP contribution < -0.4 is 5.32 Å². The summed E-state index contributed by atoms with van der Waals surface area (Å²) in [7, 11) is 0. The summed E-state index contributed by atoms with van der Waals surface area (Å²) < 4.78 is 0. The maximum absolute atomic E-state index is 13.3. The Kier molecular flexibility index (Phi) is 6.73. The summed E-state index contributed by atoms with van der Waals surface area (Å²) in [5, 5.41) is 3.12. The Labute approximate surface area is 174 Å². The van der Waals surface area contributed by atoms with Gasteiger partial charge in [-0.15, -0.1) is 0 Å². The summed E-state index contributed by atoms with van der Waals surface area (Å²) in [6, 6.07) is 18.7. The first-order valence-electron chi connectivity index (χ1n) is 10.7. The SMILES string of the molecule is CCCC(=O)N1CCC(Cc2ccccc2-c2ccccc2)(C(=O)NC(C)C)C1. The third-order valence-corrected chi connectivity index (χ3v) is 5.70. The highest BCUT2D eigenvalue weighted by atomic mass is 16.2. The van der Waals surface area contributed by atoms with Gasteiger partial charge in [-0.05, 0) is 49.8 Å². The van der Waals surface area contributed by atoms with E-state index in [1.165, 1.54) is 0 Å². The number of nitrogens with one attached hydrogen (secondary N) is 1. The number of hydrogen-bond donors (Lipinski definition) is 1. The second-order valence-corrected chi connectivity index (χ2v) is 8.42. The maximum Gasteiger partial charge on any atom is 0.228 e. The molecule has 1 unspecified atom stereocenters. The molecule has 0 spiro atoms. The minimum absolute atomic E-state index is 0.0576. The fourth-order valence-corrected chi connectivity index (χ4v) is 4.22. The molecule has 154 valence electrons. The molecule has 1 aliphatic heterocycles. The van der Waals surface area contributed by atoms with Crippen LogP contribution in [0, 0.1) is 5.41 Å². The van der Waals surface area contributed by atoms with E-state index < -0.39 is 5.41 Å². The van der Waals surface area contributed by atoms with Gasteiger partial charge in [-0.1, -0.05) is 61.5 Å². The van der Waals surface area contributed by atoms with E-state index in [9.17, 15) is 9.59 Å². The first-order chi connectivity index (χ1) is 13.9. The van der Waals surface area contributed by atoms with Crippen LogP contribution in [0.5, 0.6) is 0 Å². The second kappa shape index (κ2) is 9.25. The molecule has 0 saturated carbocycles. The van der Waals surface area contributed by atoms with E-state index in [-0.39, 0.29) is 17.9 Å². The number of carbonyl (C=O) groups excluding carboxylic acids is 2. The van der Waals surface area contributed by atoms with Gasteiger partial charge in [0, 0.05) is 25.6 Å². The average Bonchev–Trinajstić information content (AvgIpc) is 3.14. The Morgan fingerprint density at radius 1 is 1.07 bits per heavy atom. The molecule has 1 fully saturated rings. The summed E-state index contributed by atoms with van der Waals surface area (Å²) in [6.07, 6.45) is 2.70. The molecule has 1 aliphatic rings. The lowest BCUT2D eigenvalue weighted by Crippen LogP contribution is -2.47. The van der Waals surface area contributed by atoms with Crippen molar-refractivity contribution in [3.05, 3.63) is 60.2 Å². The van der Waals surface area contributed by atoms with Crippen molar-refractivity contribution in [3.63, 3.8) is 0 Å². The third-order valence-electron chi connectivity index (χ3n) is 5.70. The zero-order chi connectivity index (χ0) is 20.9. The van der Waals surface area contributed by atoms with Crippen molar-refractivity contribution in [3.8, 4) is 11.1 Å². The molecule has 2 aromatic carbocycles. The van der Waals surface area contributed by atoms with Crippen molar-refractivity contribution in [2.75, 3.05) is 13.1 Å². The number of rotatable bonds is 7. The smallest absolute Gasteiger partial charge is 0.228 e. The number of nitrogens with zero attached hydrogens (tertiary/aromatic N) is 1. The van der Waals surface area contributed by atoms with Crippen LogP contribution in [-0.4, -0.2) is 35.8 Å². The summed E-state index contributed by atoms with van der Waals surface area (Å²) >= 11 is 0. The molecule has 29 heavy (non-hydrogen) atoms. The molecule has 3 rings (SSSR count). The van der Waals surface area contributed by atoms with Crippen LogP contribution in [0.2, 0.25) is 0 Å². The van der Waals surface area contributed by atoms with Gasteiger partial charge in [-0.25, -0.2) is 0 Å².